The number of carbonyl (C=O) groups excluding carboxylic acids is 1. The molecular formula is C17H18ClNO3S. The standard InChI is InChI=1S/C17H18ClNO3S/c18-14-9-15(23-11-14)6-7-16(20)19-10-13(17(21)22)8-12-4-2-1-3-5-12/h1-5,9,11,13H,6-8,10H2,(H,19,20)(H,21,22). The molecule has 0 spiro atoms. The number of hydrogen-bond acceptors (Lipinski definition) is 3. The molecule has 2 N–H and O–H groups in total. The molecule has 1 heterocycles. The molecular weight excluding hydrogens is 334 g/mol. The van der Waals surface area contributed by atoms with E-state index in [0.29, 0.717) is 24.3 Å². The first-order valence-electron chi connectivity index (χ1n) is 7.31. The highest BCUT2D eigenvalue weighted by molar-refractivity contribution is 7.10. The zero-order valence-electron chi connectivity index (χ0n) is 12.5. The molecule has 1 unspecified atom stereocenters. The first-order chi connectivity index (χ1) is 11.0. The van der Waals surface area contributed by atoms with Crippen LogP contribution in [0.4, 0.5) is 0 Å². The Morgan fingerprint density at radius 3 is 2.61 bits per heavy atom. The van der Waals surface area contributed by atoms with Crippen molar-refractivity contribution in [2.24, 2.45) is 5.92 Å². The Bertz CT molecular complexity index is 657. The lowest BCUT2D eigenvalue weighted by atomic mass is 9.99. The van der Waals surface area contributed by atoms with Crippen LogP contribution in [0.15, 0.2) is 41.8 Å². The van der Waals surface area contributed by atoms with Crippen molar-refractivity contribution in [1.29, 1.82) is 0 Å². The van der Waals surface area contributed by atoms with E-state index in [2.05, 4.69) is 5.32 Å². The number of carboxylic acids is 1. The lowest BCUT2D eigenvalue weighted by Crippen LogP contribution is -2.34. The number of carboxylic acid groups (broad SMARTS) is 1. The van der Waals surface area contributed by atoms with E-state index in [1.807, 2.05) is 41.8 Å². The Morgan fingerprint density at radius 1 is 1.26 bits per heavy atom. The maximum atomic E-state index is 11.9. The van der Waals surface area contributed by atoms with E-state index in [9.17, 15) is 14.7 Å². The molecule has 23 heavy (non-hydrogen) atoms. The first-order valence-corrected chi connectivity index (χ1v) is 8.56. The predicted molar refractivity (Wildman–Crippen MR) is 91.9 cm³/mol. The monoisotopic (exact) mass is 351 g/mol. The van der Waals surface area contributed by atoms with Crippen LogP contribution in [0.25, 0.3) is 0 Å². The molecule has 2 rings (SSSR count). The van der Waals surface area contributed by atoms with Gasteiger partial charge in [0.05, 0.1) is 10.9 Å². The van der Waals surface area contributed by atoms with E-state index in [1.165, 1.54) is 11.3 Å². The molecule has 4 nitrogen and oxygen atoms in total. The number of benzene rings is 1. The van der Waals surface area contributed by atoms with Crippen LogP contribution in [-0.2, 0) is 22.4 Å². The minimum atomic E-state index is -0.904. The van der Waals surface area contributed by atoms with Crippen molar-refractivity contribution in [1.82, 2.24) is 5.32 Å². The second-order valence-corrected chi connectivity index (χ2v) is 6.69. The molecule has 1 aromatic carbocycles. The molecule has 0 aliphatic rings. The molecule has 0 saturated heterocycles. The van der Waals surface area contributed by atoms with Gasteiger partial charge in [0.15, 0.2) is 0 Å². The molecule has 1 atom stereocenters. The summed E-state index contributed by atoms with van der Waals surface area (Å²) in [6.07, 6.45) is 1.34. The third-order valence-electron chi connectivity index (χ3n) is 3.44. The van der Waals surface area contributed by atoms with Gasteiger partial charge in [-0.1, -0.05) is 41.9 Å². The molecule has 0 saturated carbocycles. The van der Waals surface area contributed by atoms with Gasteiger partial charge in [0.1, 0.15) is 0 Å². The highest BCUT2D eigenvalue weighted by Crippen LogP contribution is 2.20. The van der Waals surface area contributed by atoms with E-state index >= 15 is 0 Å². The van der Waals surface area contributed by atoms with E-state index in [-0.39, 0.29) is 12.5 Å². The topological polar surface area (TPSA) is 66.4 Å². The maximum Gasteiger partial charge on any atom is 0.308 e. The average molecular weight is 352 g/mol. The van der Waals surface area contributed by atoms with Gasteiger partial charge >= 0.3 is 5.97 Å². The summed E-state index contributed by atoms with van der Waals surface area (Å²) in [4.78, 5) is 24.3. The summed E-state index contributed by atoms with van der Waals surface area (Å²) in [6.45, 7) is 0.133. The number of thiophene rings is 1. The SMILES string of the molecule is O=C(CCc1cc(Cl)cs1)NCC(Cc1ccccc1)C(=O)O. The maximum absolute atomic E-state index is 11.9. The Morgan fingerprint density at radius 2 is 2.00 bits per heavy atom. The van der Waals surface area contributed by atoms with Gasteiger partial charge in [0, 0.05) is 23.2 Å². The largest absolute Gasteiger partial charge is 0.481 e. The summed E-state index contributed by atoms with van der Waals surface area (Å²) in [6, 6.07) is 11.3. The van der Waals surface area contributed by atoms with Gasteiger partial charge in [-0.25, -0.2) is 0 Å². The second-order valence-electron chi connectivity index (χ2n) is 5.26. The van der Waals surface area contributed by atoms with Crippen molar-refractivity contribution in [2.45, 2.75) is 19.3 Å². The molecule has 1 amide bonds. The summed E-state index contributed by atoms with van der Waals surface area (Å²) in [5.41, 5.74) is 0.947. The summed E-state index contributed by atoms with van der Waals surface area (Å²) in [5, 5.41) is 14.5. The molecule has 2 aromatic rings. The number of aryl methyl sites for hydroxylation is 1. The summed E-state index contributed by atoms with van der Waals surface area (Å²) < 4.78 is 0. The number of amides is 1. The zero-order valence-corrected chi connectivity index (χ0v) is 14.1. The fourth-order valence-electron chi connectivity index (χ4n) is 2.19. The third kappa shape index (κ3) is 6.04. The van der Waals surface area contributed by atoms with Crippen LogP contribution in [0, 0.1) is 5.92 Å². The fourth-order valence-corrected chi connectivity index (χ4v) is 3.27. The molecule has 122 valence electrons. The van der Waals surface area contributed by atoms with Crippen molar-refractivity contribution in [3.63, 3.8) is 0 Å². The van der Waals surface area contributed by atoms with Crippen molar-refractivity contribution in [2.75, 3.05) is 6.54 Å². The van der Waals surface area contributed by atoms with Crippen LogP contribution in [0.5, 0.6) is 0 Å². The van der Waals surface area contributed by atoms with E-state index < -0.39 is 11.9 Å². The quantitative estimate of drug-likeness (QED) is 0.766. The van der Waals surface area contributed by atoms with Crippen LogP contribution >= 0.6 is 22.9 Å². The highest BCUT2D eigenvalue weighted by Gasteiger charge is 2.18. The predicted octanol–water partition coefficient (Wildman–Crippen LogP) is 3.39. The Hall–Kier alpha value is -1.85. The van der Waals surface area contributed by atoms with Crippen LogP contribution in [0.1, 0.15) is 16.9 Å². The van der Waals surface area contributed by atoms with Crippen LogP contribution < -0.4 is 5.32 Å². The second kappa shape index (κ2) is 8.70. The molecule has 0 radical (unpaired) electrons. The van der Waals surface area contributed by atoms with Crippen LogP contribution in [0.3, 0.4) is 0 Å². The summed E-state index contributed by atoms with van der Waals surface area (Å²) in [7, 11) is 0. The Labute approximate surface area is 144 Å². The molecule has 0 aliphatic carbocycles. The summed E-state index contributed by atoms with van der Waals surface area (Å²) >= 11 is 7.35. The van der Waals surface area contributed by atoms with Gasteiger partial charge in [-0.2, -0.15) is 0 Å². The number of rotatable bonds is 8. The zero-order chi connectivity index (χ0) is 16.7. The van der Waals surface area contributed by atoms with Gasteiger partial charge < -0.3 is 10.4 Å². The van der Waals surface area contributed by atoms with Crippen LogP contribution in [-0.4, -0.2) is 23.5 Å². The van der Waals surface area contributed by atoms with Crippen molar-refractivity contribution >= 4 is 34.8 Å². The van der Waals surface area contributed by atoms with Gasteiger partial charge in [0.25, 0.3) is 0 Å². The molecule has 1 aromatic heterocycles. The fraction of sp³-hybridized carbons (Fsp3) is 0.294. The van der Waals surface area contributed by atoms with Gasteiger partial charge in [-0.3, -0.25) is 9.59 Å². The molecule has 0 aliphatic heterocycles. The molecule has 0 fully saturated rings. The minimum Gasteiger partial charge on any atom is -0.481 e. The number of nitrogens with one attached hydrogen (secondary N) is 1. The Kier molecular flexibility index (Phi) is 6.62. The number of carbonyl (C=O) groups is 2. The third-order valence-corrected chi connectivity index (χ3v) is 4.78. The van der Waals surface area contributed by atoms with Crippen molar-refractivity contribution < 1.29 is 14.7 Å². The Balaban J connectivity index is 1.79. The van der Waals surface area contributed by atoms with Gasteiger partial charge in [-0.05, 0) is 24.5 Å². The average Bonchev–Trinajstić information content (AvgIpc) is 2.95. The first kappa shape index (κ1) is 17.5. The van der Waals surface area contributed by atoms with E-state index in [0.717, 1.165) is 10.4 Å². The van der Waals surface area contributed by atoms with Gasteiger partial charge in [0.2, 0.25) is 5.91 Å². The number of aliphatic carboxylic acids is 1. The van der Waals surface area contributed by atoms with Gasteiger partial charge in [-0.15, -0.1) is 11.3 Å². The van der Waals surface area contributed by atoms with Crippen molar-refractivity contribution in [3.05, 3.63) is 57.2 Å². The highest BCUT2D eigenvalue weighted by atomic mass is 35.5. The van der Waals surface area contributed by atoms with Crippen molar-refractivity contribution in [3.8, 4) is 0 Å². The van der Waals surface area contributed by atoms with Crippen LogP contribution in [0.2, 0.25) is 5.02 Å². The lowest BCUT2D eigenvalue weighted by molar-refractivity contribution is -0.141. The molecule has 6 heteroatoms. The minimum absolute atomic E-state index is 0.133. The number of hydrogen-bond donors (Lipinski definition) is 2. The summed E-state index contributed by atoms with van der Waals surface area (Å²) in [5.74, 6) is -1.68. The number of halogens is 1. The van der Waals surface area contributed by atoms with E-state index in [1.54, 1.807) is 0 Å². The normalized spacial score (nSPS) is 11.9. The molecule has 0 bridgehead atoms. The van der Waals surface area contributed by atoms with E-state index in [4.69, 9.17) is 11.6 Å². The lowest BCUT2D eigenvalue weighted by Gasteiger charge is -2.13. The smallest absolute Gasteiger partial charge is 0.308 e.